The molecule has 0 bridgehead atoms. The van der Waals surface area contributed by atoms with E-state index in [9.17, 15) is 14.4 Å². The van der Waals surface area contributed by atoms with Gasteiger partial charge in [0, 0.05) is 12.1 Å². The van der Waals surface area contributed by atoms with Crippen molar-refractivity contribution in [2.75, 3.05) is 13.2 Å². The van der Waals surface area contributed by atoms with Crippen molar-refractivity contribution in [1.29, 1.82) is 0 Å². The summed E-state index contributed by atoms with van der Waals surface area (Å²) < 4.78 is 4.95. The lowest BCUT2D eigenvalue weighted by atomic mass is 10.0. The molecule has 0 radical (unpaired) electrons. The third-order valence-electron chi connectivity index (χ3n) is 2.96. The molecule has 22 heavy (non-hydrogen) atoms. The minimum Gasteiger partial charge on any atom is -0.454 e. The maximum absolute atomic E-state index is 12.1. The Morgan fingerprint density at radius 2 is 1.77 bits per heavy atom. The molecule has 1 rings (SSSR count). The van der Waals surface area contributed by atoms with Crippen LogP contribution in [-0.4, -0.2) is 37.0 Å². The number of carbonyl (C=O) groups is 3. The van der Waals surface area contributed by atoms with Gasteiger partial charge in [-0.3, -0.25) is 9.59 Å². The van der Waals surface area contributed by atoms with Crippen molar-refractivity contribution >= 4 is 17.8 Å². The summed E-state index contributed by atoms with van der Waals surface area (Å²) in [6, 6.07) is 7.80. The Morgan fingerprint density at radius 1 is 1.14 bits per heavy atom. The van der Waals surface area contributed by atoms with Crippen LogP contribution in [0.25, 0.3) is 0 Å². The largest absolute Gasteiger partial charge is 0.454 e. The van der Waals surface area contributed by atoms with E-state index >= 15 is 0 Å². The highest BCUT2D eigenvalue weighted by Gasteiger charge is 2.26. The molecule has 6 nitrogen and oxygen atoms in total. The molecule has 6 heteroatoms. The number of benzene rings is 1. The highest BCUT2D eigenvalue weighted by atomic mass is 16.5. The molecule has 0 aromatic heterocycles. The number of nitrogens with one attached hydrogen (secondary N) is 2. The molecule has 0 heterocycles. The van der Waals surface area contributed by atoms with Gasteiger partial charge in [0.05, 0.1) is 0 Å². The molecule has 1 aromatic rings. The van der Waals surface area contributed by atoms with Crippen LogP contribution in [0.5, 0.6) is 0 Å². The van der Waals surface area contributed by atoms with Crippen LogP contribution in [0.2, 0.25) is 0 Å². The summed E-state index contributed by atoms with van der Waals surface area (Å²) in [7, 11) is 0. The van der Waals surface area contributed by atoms with Crippen molar-refractivity contribution in [3.05, 3.63) is 35.9 Å². The predicted molar refractivity (Wildman–Crippen MR) is 82.2 cm³/mol. The van der Waals surface area contributed by atoms with Crippen molar-refractivity contribution in [3.63, 3.8) is 0 Å². The van der Waals surface area contributed by atoms with E-state index in [0.29, 0.717) is 12.1 Å². The van der Waals surface area contributed by atoms with Gasteiger partial charge in [0.1, 0.15) is 6.04 Å². The monoisotopic (exact) mass is 306 g/mol. The maximum atomic E-state index is 12.1. The number of likely N-dealkylation sites (N-methyl/N-ethyl adjacent to an activating group) is 1. The van der Waals surface area contributed by atoms with Gasteiger partial charge in [0.2, 0.25) is 0 Å². The van der Waals surface area contributed by atoms with Crippen LogP contribution >= 0.6 is 0 Å². The highest BCUT2D eigenvalue weighted by Crippen LogP contribution is 2.06. The first-order chi connectivity index (χ1) is 10.5. The van der Waals surface area contributed by atoms with E-state index in [4.69, 9.17) is 4.74 Å². The molecule has 0 saturated heterocycles. The van der Waals surface area contributed by atoms with Gasteiger partial charge in [-0.05, 0) is 25.0 Å². The Morgan fingerprint density at radius 3 is 2.32 bits per heavy atom. The maximum Gasteiger partial charge on any atom is 0.329 e. The SMILES string of the molecule is CCNC(=O)COC(=O)[C@@H](NC(=O)c1ccccc1)C(C)C. The van der Waals surface area contributed by atoms with Crippen molar-refractivity contribution < 1.29 is 19.1 Å². The normalized spacial score (nSPS) is 11.6. The molecule has 0 aliphatic heterocycles. The van der Waals surface area contributed by atoms with E-state index < -0.39 is 12.0 Å². The van der Waals surface area contributed by atoms with E-state index in [1.807, 2.05) is 0 Å². The van der Waals surface area contributed by atoms with E-state index in [0.717, 1.165) is 0 Å². The number of ether oxygens (including phenoxy) is 1. The van der Waals surface area contributed by atoms with Crippen LogP contribution in [0.15, 0.2) is 30.3 Å². The summed E-state index contributed by atoms with van der Waals surface area (Å²) in [6.45, 7) is 5.48. The van der Waals surface area contributed by atoms with E-state index in [1.165, 1.54) is 0 Å². The standard InChI is InChI=1S/C16H22N2O4/c1-4-17-13(19)10-22-16(21)14(11(2)3)18-15(20)12-8-6-5-7-9-12/h5-9,11,14H,4,10H2,1-3H3,(H,17,19)(H,18,20)/t14-/m0/s1. The van der Waals surface area contributed by atoms with Crippen LogP contribution in [0.1, 0.15) is 31.1 Å². The second-order valence-electron chi connectivity index (χ2n) is 5.12. The summed E-state index contributed by atoms with van der Waals surface area (Å²) in [5, 5.41) is 5.18. The molecule has 2 N–H and O–H groups in total. The van der Waals surface area contributed by atoms with Gasteiger partial charge < -0.3 is 15.4 Å². The lowest BCUT2D eigenvalue weighted by Gasteiger charge is -2.20. The quantitative estimate of drug-likeness (QED) is 0.739. The Bertz CT molecular complexity index is 514. The molecule has 1 aromatic carbocycles. The van der Waals surface area contributed by atoms with Crippen molar-refractivity contribution in [3.8, 4) is 0 Å². The fourth-order valence-corrected chi connectivity index (χ4v) is 1.79. The fourth-order valence-electron chi connectivity index (χ4n) is 1.79. The summed E-state index contributed by atoms with van der Waals surface area (Å²) in [4.78, 5) is 35.5. The summed E-state index contributed by atoms with van der Waals surface area (Å²) in [6.07, 6.45) is 0. The zero-order valence-electron chi connectivity index (χ0n) is 13.1. The van der Waals surface area contributed by atoms with Crippen molar-refractivity contribution in [2.24, 2.45) is 5.92 Å². The van der Waals surface area contributed by atoms with Gasteiger partial charge in [0.15, 0.2) is 6.61 Å². The minimum absolute atomic E-state index is 0.158. The summed E-state index contributed by atoms with van der Waals surface area (Å²) in [5.74, 6) is -1.50. The average molecular weight is 306 g/mol. The number of hydrogen-bond acceptors (Lipinski definition) is 4. The first-order valence-corrected chi connectivity index (χ1v) is 7.25. The van der Waals surface area contributed by atoms with Gasteiger partial charge in [0.25, 0.3) is 11.8 Å². The van der Waals surface area contributed by atoms with Gasteiger partial charge in [-0.1, -0.05) is 32.0 Å². The molecule has 0 unspecified atom stereocenters. The molecule has 0 spiro atoms. The van der Waals surface area contributed by atoms with Crippen LogP contribution in [0, 0.1) is 5.92 Å². The lowest BCUT2D eigenvalue weighted by Crippen LogP contribution is -2.46. The smallest absolute Gasteiger partial charge is 0.329 e. The summed E-state index contributed by atoms with van der Waals surface area (Å²) in [5.41, 5.74) is 0.463. The second-order valence-corrected chi connectivity index (χ2v) is 5.12. The van der Waals surface area contributed by atoms with E-state index in [2.05, 4.69) is 10.6 Å². The molecular weight excluding hydrogens is 284 g/mol. The zero-order valence-corrected chi connectivity index (χ0v) is 13.1. The molecule has 0 aliphatic carbocycles. The van der Waals surface area contributed by atoms with Crippen LogP contribution < -0.4 is 10.6 Å². The Kier molecular flexibility index (Phi) is 7.08. The minimum atomic E-state index is -0.804. The van der Waals surface area contributed by atoms with Crippen LogP contribution in [0.4, 0.5) is 0 Å². The van der Waals surface area contributed by atoms with Crippen LogP contribution in [-0.2, 0) is 14.3 Å². The molecule has 0 fully saturated rings. The number of hydrogen-bond donors (Lipinski definition) is 2. The van der Waals surface area contributed by atoms with Crippen molar-refractivity contribution in [1.82, 2.24) is 10.6 Å². The lowest BCUT2D eigenvalue weighted by molar-refractivity contribution is -0.151. The molecule has 0 saturated carbocycles. The number of carbonyl (C=O) groups excluding carboxylic acids is 3. The highest BCUT2D eigenvalue weighted by molar-refractivity contribution is 5.97. The Balaban J connectivity index is 2.63. The molecular formula is C16H22N2O4. The Hall–Kier alpha value is -2.37. The van der Waals surface area contributed by atoms with Crippen molar-refractivity contribution in [2.45, 2.75) is 26.8 Å². The second kappa shape index (κ2) is 8.81. The van der Waals surface area contributed by atoms with E-state index in [1.54, 1.807) is 51.1 Å². The van der Waals surface area contributed by atoms with Gasteiger partial charge >= 0.3 is 5.97 Å². The van der Waals surface area contributed by atoms with Gasteiger partial charge in [-0.25, -0.2) is 4.79 Å². The Labute approximate surface area is 130 Å². The average Bonchev–Trinajstić information content (AvgIpc) is 2.51. The van der Waals surface area contributed by atoms with Gasteiger partial charge in [-0.2, -0.15) is 0 Å². The van der Waals surface area contributed by atoms with Gasteiger partial charge in [-0.15, -0.1) is 0 Å². The molecule has 1 atom stereocenters. The zero-order chi connectivity index (χ0) is 16.5. The number of amides is 2. The number of rotatable bonds is 7. The van der Waals surface area contributed by atoms with Crippen LogP contribution in [0.3, 0.4) is 0 Å². The molecule has 120 valence electrons. The molecule has 0 aliphatic rings. The summed E-state index contributed by atoms with van der Waals surface area (Å²) >= 11 is 0. The topological polar surface area (TPSA) is 84.5 Å². The first kappa shape index (κ1) is 17.7. The third kappa shape index (κ3) is 5.55. The number of esters is 1. The van der Waals surface area contributed by atoms with E-state index in [-0.39, 0.29) is 24.3 Å². The predicted octanol–water partition coefficient (Wildman–Crippen LogP) is 1.12. The molecule has 2 amide bonds. The fraction of sp³-hybridized carbons (Fsp3) is 0.438. The first-order valence-electron chi connectivity index (χ1n) is 7.25. The third-order valence-corrected chi connectivity index (χ3v) is 2.96.